The van der Waals surface area contributed by atoms with E-state index in [1.165, 1.54) is 11.8 Å². The average molecular weight is 355 g/mol. The SMILES string of the molecule is CSc1nc(NCCN2CCOCC2)c(C#N)c(-c2ccccc2)n1. The molecule has 0 atom stereocenters. The van der Waals surface area contributed by atoms with Crippen LogP contribution in [0.15, 0.2) is 35.5 Å². The average Bonchev–Trinajstić information content (AvgIpc) is 2.69. The molecule has 1 aromatic heterocycles. The second-order valence-electron chi connectivity index (χ2n) is 5.64. The van der Waals surface area contributed by atoms with Gasteiger partial charge < -0.3 is 10.1 Å². The molecule has 1 saturated heterocycles. The molecule has 2 heterocycles. The monoisotopic (exact) mass is 355 g/mol. The summed E-state index contributed by atoms with van der Waals surface area (Å²) in [5, 5.41) is 13.7. The maximum atomic E-state index is 9.67. The standard InChI is InChI=1S/C18H21N5OS/c1-25-18-21-16(14-5-3-2-4-6-14)15(13-19)17(22-18)20-7-8-23-9-11-24-12-10-23/h2-6H,7-12H2,1H3,(H,20,21,22). The summed E-state index contributed by atoms with van der Waals surface area (Å²) in [5.74, 6) is 0.606. The Morgan fingerprint density at radius 2 is 2.00 bits per heavy atom. The molecule has 1 aromatic carbocycles. The van der Waals surface area contributed by atoms with Crippen molar-refractivity contribution in [2.45, 2.75) is 5.16 Å². The van der Waals surface area contributed by atoms with Gasteiger partial charge in [-0.3, -0.25) is 4.90 Å². The van der Waals surface area contributed by atoms with Crippen molar-refractivity contribution in [3.05, 3.63) is 35.9 Å². The normalized spacial score (nSPS) is 14.9. The molecule has 1 N–H and O–H groups in total. The molecule has 1 fully saturated rings. The second kappa shape index (κ2) is 8.81. The predicted molar refractivity (Wildman–Crippen MR) is 99.7 cm³/mol. The zero-order valence-electron chi connectivity index (χ0n) is 14.2. The summed E-state index contributed by atoms with van der Waals surface area (Å²) in [7, 11) is 0. The minimum atomic E-state index is 0.492. The zero-order valence-corrected chi connectivity index (χ0v) is 15.1. The highest BCUT2D eigenvalue weighted by molar-refractivity contribution is 7.98. The number of anilines is 1. The Labute approximate surface area is 152 Å². The topological polar surface area (TPSA) is 74.1 Å². The van der Waals surface area contributed by atoms with Gasteiger partial charge in [-0.05, 0) is 6.26 Å². The van der Waals surface area contributed by atoms with Gasteiger partial charge in [-0.25, -0.2) is 9.97 Å². The molecule has 0 bridgehead atoms. The van der Waals surface area contributed by atoms with Crippen molar-refractivity contribution in [1.82, 2.24) is 14.9 Å². The number of hydrogen-bond donors (Lipinski definition) is 1. The van der Waals surface area contributed by atoms with E-state index in [0.29, 0.717) is 22.2 Å². The van der Waals surface area contributed by atoms with Gasteiger partial charge in [0.1, 0.15) is 17.5 Å². The first-order valence-corrected chi connectivity index (χ1v) is 9.50. The molecule has 2 aromatic rings. The third kappa shape index (κ3) is 4.48. The minimum Gasteiger partial charge on any atom is -0.379 e. The van der Waals surface area contributed by atoms with Crippen molar-refractivity contribution in [1.29, 1.82) is 5.26 Å². The van der Waals surface area contributed by atoms with Crippen molar-refractivity contribution in [2.75, 3.05) is 51.0 Å². The molecule has 25 heavy (non-hydrogen) atoms. The van der Waals surface area contributed by atoms with Gasteiger partial charge in [0.25, 0.3) is 0 Å². The van der Waals surface area contributed by atoms with Gasteiger partial charge >= 0.3 is 0 Å². The van der Waals surface area contributed by atoms with Crippen molar-refractivity contribution < 1.29 is 4.74 Å². The number of nitrogens with zero attached hydrogens (tertiary/aromatic N) is 4. The summed E-state index contributed by atoms with van der Waals surface area (Å²) in [6.45, 7) is 5.09. The summed E-state index contributed by atoms with van der Waals surface area (Å²) >= 11 is 1.47. The number of nitrogens with one attached hydrogen (secondary N) is 1. The molecule has 0 radical (unpaired) electrons. The number of hydrogen-bond acceptors (Lipinski definition) is 7. The molecule has 0 spiro atoms. The first-order valence-electron chi connectivity index (χ1n) is 8.27. The minimum absolute atomic E-state index is 0.492. The lowest BCUT2D eigenvalue weighted by Crippen LogP contribution is -2.39. The van der Waals surface area contributed by atoms with Crippen LogP contribution in [-0.2, 0) is 4.74 Å². The van der Waals surface area contributed by atoms with Crippen molar-refractivity contribution in [3.8, 4) is 17.3 Å². The van der Waals surface area contributed by atoms with Gasteiger partial charge in [0.05, 0.1) is 18.9 Å². The lowest BCUT2D eigenvalue weighted by Gasteiger charge is -2.26. The van der Waals surface area contributed by atoms with E-state index >= 15 is 0 Å². The van der Waals surface area contributed by atoms with Crippen LogP contribution < -0.4 is 5.32 Å². The molecule has 0 amide bonds. The van der Waals surface area contributed by atoms with E-state index in [9.17, 15) is 5.26 Å². The predicted octanol–water partition coefficient (Wildman–Crippen LogP) is 2.48. The number of morpholine rings is 1. The second-order valence-corrected chi connectivity index (χ2v) is 6.41. The van der Waals surface area contributed by atoms with Gasteiger partial charge in [0, 0.05) is 31.7 Å². The van der Waals surface area contributed by atoms with Crippen LogP contribution in [0.4, 0.5) is 5.82 Å². The molecular weight excluding hydrogens is 334 g/mol. The number of ether oxygens (including phenoxy) is 1. The highest BCUT2D eigenvalue weighted by atomic mass is 32.2. The third-order valence-electron chi connectivity index (χ3n) is 4.05. The van der Waals surface area contributed by atoms with E-state index in [0.717, 1.165) is 45.0 Å². The Morgan fingerprint density at radius 1 is 1.24 bits per heavy atom. The number of benzene rings is 1. The molecule has 0 saturated carbocycles. The van der Waals surface area contributed by atoms with Crippen molar-refractivity contribution >= 4 is 17.6 Å². The molecular formula is C18H21N5OS. The molecule has 1 aliphatic heterocycles. The Bertz CT molecular complexity index is 741. The summed E-state index contributed by atoms with van der Waals surface area (Å²) in [6, 6.07) is 12.0. The Balaban J connectivity index is 1.81. The van der Waals surface area contributed by atoms with E-state index in [1.54, 1.807) is 0 Å². The number of rotatable bonds is 6. The number of thioether (sulfide) groups is 1. The zero-order chi connectivity index (χ0) is 17.5. The van der Waals surface area contributed by atoms with Crippen LogP contribution in [-0.4, -0.2) is 60.5 Å². The van der Waals surface area contributed by atoms with Crippen LogP contribution in [0.1, 0.15) is 5.56 Å². The molecule has 0 unspecified atom stereocenters. The van der Waals surface area contributed by atoms with Gasteiger partial charge in [-0.1, -0.05) is 42.1 Å². The summed E-state index contributed by atoms with van der Waals surface area (Å²) < 4.78 is 5.37. The van der Waals surface area contributed by atoms with E-state index < -0.39 is 0 Å². The van der Waals surface area contributed by atoms with Crippen molar-refractivity contribution in [3.63, 3.8) is 0 Å². The van der Waals surface area contributed by atoms with E-state index in [1.807, 2.05) is 36.6 Å². The van der Waals surface area contributed by atoms with Crippen LogP contribution in [0, 0.1) is 11.3 Å². The van der Waals surface area contributed by atoms with Gasteiger partial charge in [0.15, 0.2) is 5.16 Å². The van der Waals surface area contributed by atoms with E-state index in [-0.39, 0.29) is 0 Å². The van der Waals surface area contributed by atoms with Crippen LogP contribution in [0.2, 0.25) is 0 Å². The van der Waals surface area contributed by atoms with Gasteiger partial charge in [-0.15, -0.1) is 0 Å². The van der Waals surface area contributed by atoms with Crippen LogP contribution in [0.5, 0.6) is 0 Å². The maximum Gasteiger partial charge on any atom is 0.189 e. The molecule has 3 rings (SSSR count). The fraction of sp³-hybridized carbons (Fsp3) is 0.389. The van der Waals surface area contributed by atoms with Crippen molar-refractivity contribution in [2.24, 2.45) is 0 Å². The highest BCUT2D eigenvalue weighted by Crippen LogP contribution is 2.28. The van der Waals surface area contributed by atoms with Crippen LogP contribution in [0.3, 0.4) is 0 Å². The Hall–Kier alpha value is -2.14. The quantitative estimate of drug-likeness (QED) is 0.630. The third-order valence-corrected chi connectivity index (χ3v) is 4.60. The maximum absolute atomic E-state index is 9.67. The molecule has 0 aliphatic carbocycles. The largest absolute Gasteiger partial charge is 0.379 e. The summed E-state index contributed by atoms with van der Waals surface area (Å²) in [4.78, 5) is 11.4. The van der Waals surface area contributed by atoms with E-state index in [2.05, 4.69) is 26.3 Å². The first kappa shape index (κ1) is 17.7. The van der Waals surface area contributed by atoms with Gasteiger partial charge in [-0.2, -0.15) is 5.26 Å². The molecule has 130 valence electrons. The molecule has 1 aliphatic rings. The lowest BCUT2D eigenvalue weighted by atomic mass is 10.1. The highest BCUT2D eigenvalue weighted by Gasteiger charge is 2.16. The first-order chi connectivity index (χ1) is 12.3. The summed E-state index contributed by atoms with van der Waals surface area (Å²) in [5.41, 5.74) is 2.09. The smallest absolute Gasteiger partial charge is 0.189 e. The fourth-order valence-corrected chi connectivity index (χ4v) is 3.09. The number of aromatic nitrogens is 2. The Kier molecular flexibility index (Phi) is 6.23. The van der Waals surface area contributed by atoms with E-state index in [4.69, 9.17) is 4.74 Å². The Morgan fingerprint density at radius 3 is 2.68 bits per heavy atom. The van der Waals surface area contributed by atoms with Crippen LogP contribution in [0.25, 0.3) is 11.3 Å². The van der Waals surface area contributed by atoms with Crippen LogP contribution >= 0.6 is 11.8 Å². The lowest BCUT2D eigenvalue weighted by molar-refractivity contribution is 0.0398. The van der Waals surface area contributed by atoms with Gasteiger partial charge in [0.2, 0.25) is 0 Å². The number of nitriles is 1. The fourth-order valence-electron chi connectivity index (χ4n) is 2.73. The molecule has 6 nitrogen and oxygen atoms in total. The summed E-state index contributed by atoms with van der Waals surface area (Å²) in [6.07, 6.45) is 1.94. The molecule has 7 heteroatoms.